The number of carbonyl (C=O) groups excluding carboxylic acids is 2. The quantitative estimate of drug-likeness (QED) is 0.460. The van der Waals surface area contributed by atoms with E-state index in [0.717, 1.165) is 0 Å². The van der Waals surface area contributed by atoms with Gasteiger partial charge in [-0.3, -0.25) is 14.4 Å². The monoisotopic (exact) mass is 458 g/mol. The highest BCUT2D eigenvalue weighted by molar-refractivity contribution is 6.10. The molecule has 8 heteroatoms. The van der Waals surface area contributed by atoms with Gasteiger partial charge >= 0.3 is 0 Å². The van der Waals surface area contributed by atoms with Gasteiger partial charge in [-0.1, -0.05) is 30.3 Å². The molecule has 0 atom stereocenters. The number of rotatable bonds is 5. The Morgan fingerprint density at radius 3 is 2.32 bits per heavy atom. The molecule has 0 radical (unpaired) electrons. The Bertz CT molecular complexity index is 1460. The Labute approximate surface area is 193 Å². The topological polar surface area (TPSA) is 86.6 Å². The number of fused-ring (bicyclic) bond motifs is 2. The molecule has 3 aromatic carbocycles. The number of ether oxygens (including phenoxy) is 2. The van der Waals surface area contributed by atoms with Gasteiger partial charge in [-0.25, -0.2) is 4.39 Å². The molecule has 1 amide bonds. The van der Waals surface area contributed by atoms with Crippen LogP contribution >= 0.6 is 0 Å². The van der Waals surface area contributed by atoms with E-state index >= 15 is 0 Å². The number of hydrogen-bond donors (Lipinski definition) is 1. The summed E-state index contributed by atoms with van der Waals surface area (Å²) in [6, 6.07) is 17.0. The van der Waals surface area contributed by atoms with Crippen molar-refractivity contribution in [2.24, 2.45) is 0 Å². The van der Waals surface area contributed by atoms with Crippen molar-refractivity contribution in [2.75, 3.05) is 18.5 Å². The van der Waals surface area contributed by atoms with Crippen molar-refractivity contribution < 1.29 is 23.5 Å². The van der Waals surface area contributed by atoms with Crippen molar-refractivity contribution in [1.82, 2.24) is 4.57 Å². The predicted octanol–water partition coefficient (Wildman–Crippen LogP) is 3.78. The van der Waals surface area contributed by atoms with E-state index in [2.05, 4.69) is 5.32 Å². The van der Waals surface area contributed by atoms with E-state index in [4.69, 9.17) is 9.47 Å². The third kappa shape index (κ3) is 4.13. The molecule has 1 aromatic heterocycles. The summed E-state index contributed by atoms with van der Waals surface area (Å²) < 4.78 is 26.0. The fourth-order valence-electron chi connectivity index (χ4n) is 3.85. The Hall–Kier alpha value is -4.46. The smallest absolute Gasteiger partial charge is 0.244 e. The van der Waals surface area contributed by atoms with Gasteiger partial charge in [0.1, 0.15) is 25.6 Å². The lowest BCUT2D eigenvalue weighted by molar-refractivity contribution is -0.116. The van der Waals surface area contributed by atoms with Crippen LogP contribution in [-0.4, -0.2) is 29.5 Å². The van der Waals surface area contributed by atoms with E-state index in [9.17, 15) is 18.8 Å². The zero-order chi connectivity index (χ0) is 23.7. The summed E-state index contributed by atoms with van der Waals surface area (Å²) in [7, 11) is 0. The van der Waals surface area contributed by atoms with E-state index in [1.54, 1.807) is 42.5 Å². The molecule has 0 fully saturated rings. The summed E-state index contributed by atoms with van der Waals surface area (Å²) in [5.74, 6) is -0.421. The second kappa shape index (κ2) is 8.82. The molecule has 5 rings (SSSR count). The van der Waals surface area contributed by atoms with Gasteiger partial charge in [0.15, 0.2) is 17.3 Å². The van der Waals surface area contributed by atoms with Crippen LogP contribution in [0.25, 0.3) is 10.9 Å². The zero-order valence-corrected chi connectivity index (χ0v) is 17.9. The van der Waals surface area contributed by atoms with Crippen LogP contribution in [0, 0.1) is 5.82 Å². The van der Waals surface area contributed by atoms with Crippen LogP contribution in [0.4, 0.5) is 10.1 Å². The van der Waals surface area contributed by atoms with E-state index in [1.165, 1.54) is 35.0 Å². The molecule has 7 nitrogen and oxygen atoms in total. The van der Waals surface area contributed by atoms with Crippen LogP contribution in [0.3, 0.4) is 0 Å². The fourth-order valence-corrected chi connectivity index (χ4v) is 3.85. The number of ketones is 1. The number of anilines is 1. The molecule has 0 unspecified atom stereocenters. The first kappa shape index (κ1) is 21.4. The van der Waals surface area contributed by atoms with Crippen molar-refractivity contribution in [3.05, 3.63) is 100 Å². The first-order valence-corrected chi connectivity index (χ1v) is 10.6. The zero-order valence-electron chi connectivity index (χ0n) is 17.9. The second-order valence-corrected chi connectivity index (χ2v) is 7.76. The average molecular weight is 458 g/mol. The number of nitrogens with one attached hydrogen (secondary N) is 1. The van der Waals surface area contributed by atoms with Gasteiger partial charge in [0, 0.05) is 23.5 Å². The lowest BCUT2D eigenvalue weighted by Gasteiger charge is -2.20. The van der Waals surface area contributed by atoms with E-state index in [0.29, 0.717) is 41.5 Å². The van der Waals surface area contributed by atoms with E-state index in [-0.39, 0.29) is 17.5 Å². The van der Waals surface area contributed by atoms with Crippen LogP contribution in [0.2, 0.25) is 0 Å². The minimum Gasteiger partial charge on any atom is -0.486 e. The summed E-state index contributed by atoms with van der Waals surface area (Å²) >= 11 is 0. The molecule has 1 aliphatic rings. The van der Waals surface area contributed by atoms with Crippen LogP contribution in [-0.2, 0) is 11.3 Å². The van der Waals surface area contributed by atoms with Crippen LogP contribution in [0.1, 0.15) is 15.9 Å². The van der Waals surface area contributed by atoms with Crippen molar-refractivity contribution >= 4 is 28.3 Å². The SMILES string of the molecule is O=C(Cn1cc(C(=O)c2ccccc2)c(=O)c2cc3c(cc21)OCCO3)Nc1ccc(F)cc1. The van der Waals surface area contributed by atoms with Gasteiger partial charge in [0.2, 0.25) is 11.3 Å². The normalized spacial score (nSPS) is 12.4. The number of hydrogen-bond acceptors (Lipinski definition) is 5. The molecular weight excluding hydrogens is 439 g/mol. The second-order valence-electron chi connectivity index (χ2n) is 7.76. The van der Waals surface area contributed by atoms with Crippen LogP contribution < -0.4 is 20.2 Å². The van der Waals surface area contributed by atoms with Gasteiger partial charge in [-0.05, 0) is 30.3 Å². The minimum absolute atomic E-state index is 0.0649. The molecule has 4 aromatic rings. The molecule has 170 valence electrons. The Morgan fingerprint density at radius 1 is 0.941 bits per heavy atom. The summed E-state index contributed by atoms with van der Waals surface area (Å²) in [6.45, 7) is 0.511. The summed E-state index contributed by atoms with van der Waals surface area (Å²) in [4.78, 5) is 39.3. The van der Waals surface area contributed by atoms with Crippen LogP contribution in [0.15, 0.2) is 77.7 Å². The van der Waals surface area contributed by atoms with Crippen molar-refractivity contribution in [1.29, 1.82) is 0 Å². The van der Waals surface area contributed by atoms with Crippen LogP contribution in [0.5, 0.6) is 11.5 Å². The highest BCUT2D eigenvalue weighted by atomic mass is 19.1. The molecule has 1 N–H and O–H groups in total. The maximum absolute atomic E-state index is 13.3. The molecule has 0 spiro atoms. The number of pyridine rings is 1. The summed E-state index contributed by atoms with van der Waals surface area (Å²) in [6.07, 6.45) is 1.39. The lowest BCUT2D eigenvalue weighted by atomic mass is 10.0. The number of benzene rings is 3. The molecule has 2 heterocycles. The Balaban J connectivity index is 1.60. The molecule has 0 aliphatic carbocycles. The van der Waals surface area contributed by atoms with Crippen molar-refractivity contribution in [2.45, 2.75) is 6.54 Å². The maximum Gasteiger partial charge on any atom is 0.244 e. The van der Waals surface area contributed by atoms with E-state index < -0.39 is 22.9 Å². The van der Waals surface area contributed by atoms with E-state index in [1.807, 2.05) is 0 Å². The fraction of sp³-hybridized carbons (Fsp3) is 0.115. The van der Waals surface area contributed by atoms with Gasteiger partial charge in [0.05, 0.1) is 16.5 Å². The number of aromatic nitrogens is 1. The highest BCUT2D eigenvalue weighted by Crippen LogP contribution is 2.34. The molecule has 0 saturated carbocycles. The Kier molecular flexibility index (Phi) is 5.55. The number of carbonyl (C=O) groups is 2. The van der Waals surface area contributed by atoms with Crippen molar-refractivity contribution in [3.63, 3.8) is 0 Å². The number of halogens is 1. The molecule has 1 aliphatic heterocycles. The largest absolute Gasteiger partial charge is 0.486 e. The maximum atomic E-state index is 13.3. The molecular formula is C26H19FN2O5. The lowest BCUT2D eigenvalue weighted by Crippen LogP contribution is -2.25. The third-order valence-electron chi connectivity index (χ3n) is 5.47. The molecule has 34 heavy (non-hydrogen) atoms. The molecule has 0 saturated heterocycles. The Morgan fingerprint density at radius 2 is 1.62 bits per heavy atom. The van der Waals surface area contributed by atoms with Gasteiger partial charge < -0.3 is 19.4 Å². The highest BCUT2D eigenvalue weighted by Gasteiger charge is 2.21. The van der Waals surface area contributed by atoms with Gasteiger partial charge in [-0.2, -0.15) is 0 Å². The standard InChI is InChI=1S/C26H19FN2O5/c27-17-6-8-18(9-7-17)28-24(30)15-29-14-20(25(31)16-4-2-1-3-5-16)26(32)19-12-22-23(13-21(19)29)34-11-10-33-22/h1-9,12-14H,10-11,15H2,(H,28,30). The average Bonchev–Trinajstić information content (AvgIpc) is 2.86. The molecule has 0 bridgehead atoms. The predicted molar refractivity (Wildman–Crippen MR) is 124 cm³/mol. The number of nitrogens with zero attached hydrogens (tertiary/aromatic N) is 1. The van der Waals surface area contributed by atoms with Crippen molar-refractivity contribution in [3.8, 4) is 11.5 Å². The minimum atomic E-state index is -0.462. The number of amides is 1. The first-order chi connectivity index (χ1) is 16.5. The third-order valence-corrected chi connectivity index (χ3v) is 5.47. The summed E-state index contributed by atoms with van der Waals surface area (Å²) in [5.41, 5.74) is 0.680. The first-order valence-electron chi connectivity index (χ1n) is 10.6. The summed E-state index contributed by atoms with van der Waals surface area (Å²) in [5, 5.41) is 2.93. The van der Waals surface area contributed by atoms with Gasteiger partial charge in [0.25, 0.3) is 0 Å². The van der Waals surface area contributed by atoms with Gasteiger partial charge in [-0.15, -0.1) is 0 Å².